The van der Waals surface area contributed by atoms with Crippen molar-refractivity contribution >= 4 is 39.0 Å². The van der Waals surface area contributed by atoms with E-state index in [0.29, 0.717) is 16.5 Å². The third kappa shape index (κ3) is 5.16. The number of amides is 1. The van der Waals surface area contributed by atoms with Crippen LogP contribution in [0, 0.1) is 0 Å². The topological polar surface area (TPSA) is 101 Å². The zero-order valence-electron chi connectivity index (χ0n) is 16.1. The number of carbonyl (C=O) groups is 1. The highest BCUT2D eigenvalue weighted by atomic mass is 35.5. The molecule has 0 spiro atoms. The van der Waals surface area contributed by atoms with E-state index in [-0.39, 0.29) is 21.7 Å². The summed E-state index contributed by atoms with van der Waals surface area (Å²) in [7, 11) is -3.90. The number of hydrogen-bond acceptors (Lipinski definition) is 5. The van der Waals surface area contributed by atoms with Crippen molar-refractivity contribution in [2.24, 2.45) is 0 Å². The van der Waals surface area contributed by atoms with E-state index in [1.807, 2.05) is 20.8 Å². The Bertz CT molecular complexity index is 1150. The maximum absolute atomic E-state index is 12.6. The molecule has 0 radical (unpaired) electrons. The number of benzene rings is 2. The molecule has 0 aliphatic carbocycles. The van der Waals surface area contributed by atoms with E-state index in [9.17, 15) is 13.2 Å². The summed E-state index contributed by atoms with van der Waals surface area (Å²) < 4.78 is 33.0. The van der Waals surface area contributed by atoms with Crippen LogP contribution in [0.2, 0.25) is 5.02 Å². The fraction of sp³-hybridized carbons (Fsp3) is 0.200. The summed E-state index contributed by atoms with van der Waals surface area (Å²) in [4.78, 5) is 12.5. The van der Waals surface area contributed by atoms with Gasteiger partial charge in [0.15, 0.2) is 5.82 Å². The van der Waals surface area contributed by atoms with Crippen molar-refractivity contribution in [2.75, 3.05) is 10.0 Å². The first-order valence-electron chi connectivity index (χ1n) is 8.72. The Morgan fingerprint density at radius 3 is 2.45 bits per heavy atom. The monoisotopic (exact) mass is 433 g/mol. The van der Waals surface area contributed by atoms with Gasteiger partial charge in [0.1, 0.15) is 5.76 Å². The fourth-order valence-electron chi connectivity index (χ4n) is 2.45. The molecule has 1 aromatic heterocycles. The van der Waals surface area contributed by atoms with Gasteiger partial charge >= 0.3 is 0 Å². The van der Waals surface area contributed by atoms with Gasteiger partial charge in [-0.05, 0) is 36.4 Å². The van der Waals surface area contributed by atoms with Crippen LogP contribution in [-0.2, 0) is 15.4 Å². The summed E-state index contributed by atoms with van der Waals surface area (Å²) >= 11 is 5.89. The number of nitrogens with zero attached hydrogens (tertiary/aromatic N) is 1. The highest BCUT2D eigenvalue weighted by Crippen LogP contribution is 2.25. The number of nitrogens with one attached hydrogen (secondary N) is 2. The van der Waals surface area contributed by atoms with Gasteiger partial charge in [-0.15, -0.1) is 0 Å². The average molecular weight is 434 g/mol. The van der Waals surface area contributed by atoms with Gasteiger partial charge in [0.25, 0.3) is 15.9 Å². The van der Waals surface area contributed by atoms with Gasteiger partial charge in [0, 0.05) is 22.1 Å². The maximum atomic E-state index is 12.6. The second-order valence-electron chi connectivity index (χ2n) is 7.42. The normalized spacial score (nSPS) is 11.9. The minimum atomic E-state index is -3.90. The van der Waals surface area contributed by atoms with E-state index in [1.165, 1.54) is 30.3 Å². The lowest BCUT2D eigenvalue weighted by atomic mass is 9.93. The number of rotatable bonds is 5. The quantitative estimate of drug-likeness (QED) is 0.608. The van der Waals surface area contributed by atoms with Crippen LogP contribution < -0.4 is 10.0 Å². The number of hydrogen-bond donors (Lipinski definition) is 2. The van der Waals surface area contributed by atoms with E-state index in [1.54, 1.807) is 24.3 Å². The summed E-state index contributed by atoms with van der Waals surface area (Å²) in [5, 5.41) is 6.85. The van der Waals surface area contributed by atoms with Crippen molar-refractivity contribution in [2.45, 2.75) is 31.1 Å². The van der Waals surface area contributed by atoms with Crippen molar-refractivity contribution in [3.8, 4) is 0 Å². The summed E-state index contributed by atoms with van der Waals surface area (Å²) in [6.45, 7) is 5.88. The molecule has 2 aromatic carbocycles. The lowest BCUT2D eigenvalue weighted by Gasteiger charge is -2.12. The van der Waals surface area contributed by atoms with Crippen molar-refractivity contribution in [3.63, 3.8) is 0 Å². The zero-order chi connectivity index (χ0) is 21.2. The molecule has 1 amide bonds. The number of anilines is 2. The Kier molecular flexibility index (Phi) is 5.68. The minimum Gasteiger partial charge on any atom is -0.359 e. The minimum absolute atomic E-state index is 0.0549. The van der Waals surface area contributed by atoms with Crippen LogP contribution in [0.3, 0.4) is 0 Å². The number of halogens is 1. The lowest BCUT2D eigenvalue weighted by molar-refractivity contribution is 0.102. The summed E-state index contributed by atoms with van der Waals surface area (Å²) in [5.74, 6) is 0.374. The predicted octanol–water partition coefficient (Wildman–Crippen LogP) is 4.68. The van der Waals surface area contributed by atoms with Gasteiger partial charge in [0.2, 0.25) is 0 Å². The molecular weight excluding hydrogens is 414 g/mol. The van der Waals surface area contributed by atoms with E-state index in [4.69, 9.17) is 16.1 Å². The second-order valence-corrected chi connectivity index (χ2v) is 9.54. The average Bonchev–Trinajstić information content (AvgIpc) is 3.10. The molecule has 1 heterocycles. The summed E-state index contributed by atoms with van der Waals surface area (Å²) in [6.07, 6.45) is 0. The Labute approximate surface area is 174 Å². The smallest absolute Gasteiger partial charge is 0.261 e. The molecule has 3 rings (SSSR count). The van der Waals surface area contributed by atoms with Gasteiger partial charge < -0.3 is 9.84 Å². The zero-order valence-corrected chi connectivity index (χ0v) is 17.6. The van der Waals surface area contributed by atoms with Crippen molar-refractivity contribution in [1.82, 2.24) is 5.16 Å². The number of aromatic nitrogens is 1. The Hall–Kier alpha value is -2.84. The van der Waals surface area contributed by atoms with E-state index in [0.717, 1.165) is 0 Å². The first-order valence-corrected chi connectivity index (χ1v) is 10.6. The standard InChI is InChI=1S/C20H20ClN3O4S/c1-20(2,3)17-12-18(23-28-17)22-19(25)13-6-4-9-16(10-13)29(26,27)24-15-8-5-7-14(21)11-15/h4-12,24H,1-3H3,(H,22,23,25). The predicted molar refractivity (Wildman–Crippen MR) is 112 cm³/mol. The number of sulfonamides is 1. The molecule has 0 aliphatic heterocycles. The summed E-state index contributed by atoms with van der Waals surface area (Å²) in [6, 6.07) is 13.7. The molecule has 0 aliphatic rings. The van der Waals surface area contributed by atoms with Gasteiger partial charge in [-0.1, -0.05) is 49.7 Å². The van der Waals surface area contributed by atoms with E-state index in [2.05, 4.69) is 15.2 Å². The van der Waals surface area contributed by atoms with E-state index < -0.39 is 15.9 Å². The highest BCUT2D eigenvalue weighted by molar-refractivity contribution is 7.92. The molecular formula is C20H20ClN3O4S. The van der Waals surface area contributed by atoms with Crippen LogP contribution in [-0.4, -0.2) is 19.5 Å². The lowest BCUT2D eigenvalue weighted by Crippen LogP contribution is -2.16. The van der Waals surface area contributed by atoms with Crippen molar-refractivity contribution < 1.29 is 17.7 Å². The fourth-order valence-corrected chi connectivity index (χ4v) is 3.73. The Morgan fingerprint density at radius 2 is 1.79 bits per heavy atom. The van der Waals surface area contributed by atoms with Crippen molar-refractivity contribution in [3.05, 3.63) is 70.9 Å². The van der Waals surface area contributed by atoms with Crippen LogP contribution in [0.5, 0.6) is 0 Å². The molecule has 0 saturated heterocycles. The third-order valence-corrected chi connectivity index (χ3v) is 5.59. The first kappa shape index (κ1) is 20.9. The van der Waals surface area contributed by atoms with Gasteiger partial charge in [-0.25, -0.2) is 8.42 Å². The van der Waals surface area contributed by atoms with Crippen LogP contribution in [0.4, 0.5) is 11.5 Å². The maximum Gasteiger partial charge on any atom is 0.261 e. The molecule has 9 heteroatoms. The molecule has 152 valence electrons. The van der Waals surface area contributed by atoms with Crippen LogP contribution in [0.25, 0.3) is 0 Å². The molecule has 0 bridgehead atoms. The highest BCUT2D eigenvalue weighted by Gasteiger charge is 2.21. The third-order valence-electron chi connectivity index (χ3n) is 3.97. The summed E-state index contributed by atoms with van der Waals surface area (Å²) in [5.41, 5.74) is 0.236. The van der Waals surface area contributed by atoms with Gasteiger partial charge in [-0.3, -0.25) is 9.52 Å². The number of carbonyl (C=O) groups excluding carboxylic acids is 1. The SMILES string of the molecule is CC(C)(C)c1cc(NC(=O)c2cccc(S(=O)(=O)Nc3cccc(Cl)c3)c2)no1. The molecule has 0 atom stereocenters. The first-order chi connectivity index (χ1) is 13.5. The molecule has 3 aromatic rings. The van der Waals surface area contributed by atoms with Crippen molar-refractivity contribution in [1.29, 1.82) is 0 Å². The van der Waals surface area contributed by atoms with Crippen LogP contribution >= 0.6 is 11.6 Å². The largest absolute Gasteiger partial charge is 0.359 e. The Balaban J connectivity index is 1.79. The molecule has 0 fully saturated rings. The second kappa shape index (κ2) is 7.88. The molecule has 0 unspecified atom stereocenters. The van der Waals surface area contributed by atoms with Crippen LogP contribution in [0.1, 0.15) is 36.9 Å². The van der Waals surface area contributed by atoms with Gasteiger partial charge in [0.05, 0.1) is 10.6 Å². The molecule has 2 N–H and O–H groups in total. The Morgan fingerprint density at radius 1 is 1.07 bits per heavy atom. The molecule has 7 nitrogen and oxygen atoms in total. The van der Waals surface area contributed by atoms with E-state index >= 15 is 0 Å². The molecule has 29 heavy (non-hydrogen) atoms. The van der Waals surface area contributed by atoms with Gasteiger partial charge in [-0.2, -0.15) is 0 Å². The molecule has 0 saturated carbocycles. The van der Waals surface area contributed by atoms with Crippen LogP contribution in [0.15, 0.2) is 64.0 Å².